The van der Waals surface area contributed by atoms with Crippen molar-refractivity contribution in [1.29, 1.82) is 0 Å². The Morgan fingerprint density at radius 2 is 1.67 bits per heavy atom. The molecular weight excluding hydrogens is 425 g/mol. The molecule has 7 heteroatoms. The smallest absolute Gasteiger partial charge is 0.342 e. The Morgan fingerprint density at radius 3 is 2.36 bits per heavy atom. The van der Waals surface area contributed by atoms with Gasteiger partial charge in [-0.15, -0.1) is 0 Å². The molecule has 1 atom stereocenters. The number of rotatable bonds is 5. The summed E-state index contributed by atoms with van der Waals surface area (Å²) in [5.74, 6) is -1.48. The second kappa shape index (κ2) is 9.08. The molecule has 1 N–H and O–H groups in total. The number of para-hydroxylation sites is 1. The number of carbonyl (C=O) groups excluding carboxylic acids is 2. The summed E-state index contributed by atoms with van der Waals surface area (Å²) in [4.78, 5) is 38.3. The summed E-state index contributed by atoms with van der Waals surface area (Å²) in [6, 6.07) is 18.9. The Morgan fingerprint density at radius 1 is 0.970 bits per heavy atom. The van der Waals surface area contributed by atoms with Gasteiger partial charge in [-0.2, -0.15) is 0 Å². The van der Waals surface area contributed by atoms with E-state index >= 15 is 0 Å². The number of esters is 1. The average Bonchev–Trinajstić information content (AvgIpc) is 2.82. The number of nitrogens with one attached hydrogen (secondary N) is 1. The van der Waals surface area contributed by atoms with Crippen LogP contribution in [0.15, 0.2) is 82.0 Å². The van der Waals surface area contributed by atoms with Crippen LogP contribution in [-0.2, 0) is 9.53 Å². The van der Waals surface area contributed by atoms with E-state index in [1.165, 1.54) is 37.3 Å². The SMILES string of the molecule is Cc1c(-c2ccccc2)oc2c(C(=O)OC(C)C(=O)Nc3ccc(F)cc3)cccc2c1=O. The van der Waals surface area contributed by atoms with Gasteiger partial charge in [0.1, 0.15) is 17.1 Å². The fourth-order valence-electron chi connectivity index (χ4n) is 3.39. The number of anilines is 1. The molecule has 0 radical (unpaired) electrons. The minimum absolute atomic E-state index is 0.0308. The molecule has 6 nitrogen and oxygen atoms in total. The zero-order chi connectivity index (χ0) is 23.5. The van der Waals surface area contributed by atoms with Gasteiger partial charge >= 0.3 is 5.97 Å². The number of hydrogen-bond acceptors (Lipinski definition) is 5. The monoisotopic (exact) mass is 445 g/mol. The first-order valence-corrected chi connectivity index (χ1v) is 10.2. The molecule has 3 aromatic carbocycles. The molecule has 4 rings (SSSR count). The number of fused-ring (bicyclic) bond motifs is 1. The van der Waals surface area contributed by atoms with Crippen LogP contribution in [0.1, 0.15) is 22.8 Å². The quantitative estimate of drug-likeness (QED) is 0.433. The molecule has 0 bridgehead atoms. The summed E-state index contributed by atoms with van der Waals surface area (Å²) in [6.45, 7) is 3.08. The van der Waals surface area contributed by atoms with Gasteiger partial charge in [0, 0.05) is 16.8 Å². The maximum Gasteiger partial charge on any atom is 0.342 e. The average molecular weight is 445 g/mol. The zero-order valence-electron chi connectivity index (χ0n) is 17.9. The van der Waals surface area contributed by atoms with Gasteiger partial charge in [-0.05, 0) is 50.2 Å². The van der Waals surface area contributed by atoms with Crippen molar-refractivity contribution in [2.75, 3.05) is 5.32 Å². The number of halogens is 1. The van der Waals surface area contributed by atoms with E-state index in [9.17, 15) is 18.8 Å². The fraction of sp³-hybridized carbons (Fsp3) is 0.115. The summed E-state index contributed by atoms with van der Waals surface area (Å²) in [7, 11) is 0. The van der Waals surface area contributed by atoms with Gasteiger partial charge < -0.3 is 14.5 Å². The van der Waals surface area contributed by atoms with Gasteiger partial charge in [0.2, 0.25) is 0 Å². The van der Waals surface area contributed by atoms with Crippen molar-refractivity contribution in [3.05, 3.63) is 100.0 Å². The molecule has 33 heavy (non-hydrogen) atoms. The second-order valence-corrected chi connectivity index (χ2v) is 7.48. The van der Waals surface area contributed by atoms with Crippen molar-refractivity contribution in [3.8, 4) is 11.3 Å². The molecule has 0 spiro atoms. The number of ether oxygens (including phenoxy) is 1. The summed E-state index contributed by atoms with van der Waals surface area (Å²) in [6.07, 6.45) is -1.15. The summed E-state index contributed by atoms with van der Waals surface area (Å²) in [5.41, 5.74) is 1.34. The Kier molecular flexibility index (Phi) is 6.04. The third-order valence-electron chi connectivity index (χ3n) is 5.17. The van der Waals surface area contributed by atoms with Gasteiger partial charge in [0.05, 0.1) is 5.39 Å². The molecule has 0 fully saturated rings. The molecule has 0 aliphatic heterocycles. The third kappa shape index (κ3) is 4.52. The van der Waals surface area contributed by atoms with Gasteiger partial charge in [0.15, 0.2) is 17.1 Å². The van der Waals surface area contributed by atoms with Crippen molar-refractivity contribution >= 4 is 28.5 Å². The molecule has 166 valence electrons. The minimum Gasteiger partial charge on any atom is -0.455 e. The topological polar surface area (TPSA) is 85.6 Å². The number of carbonyl (C=O) groups is 2. The lowest BCUT2D eigenvalue weighted by atomic mass is 10.0. The molecule has 0 saturated heterocycles. The molecule has 0 saturated carbocycles. The van der Waals surface area contributed by atoms with E-state index in [0.717, 1.165) is 0 Å². The number of amides is 1. The van der Waals surface area contributed by atoms with Crippen LogP contribution in [0, 0.1) is 12.7 Å². The lowest BCUT2D eigenvalue weighted by Crippen LogP contribution is -2.30. The van der Waals surface area contributed by atoms with Crippen LogP contribution in [0.5, 0.6) is 0 Å². The predicted octanol–water partition coefficient (Wildman–Crippen LogP) is 5.09. The number of hydrogen-bond donors (Lipinski definition) is 1. The molecule has 4 aromatic rings. The first-order chi connectivity index (χ1) is 15.8. The molecule has 0 aliphatic rings. The highest BCUT2D eigenvalue weighted by Crippen LogP contribution is 2.27. The van der Waals surface area contributed by atoms with Crippen molar-refractivity contribution in [3.63, 3.8) is 0 Å². The molecule has 1 amide bonds. The fourth-order valence-corrected chi connectivity index (χ4v) is 3.39. The van der Waals surface area contributed by atoms with E-state index in [1.807, 2.05) is 18.2 Å². The second-order valence-electron chi connectivity index (χ2n) is 7.48. The maximum atomic E-state index is 13.0. The van der Waals surface area contributed by atoms with Gasteiger partial charge in [0.25, 0.3) is 5.91 Å². The van der Waals surface area contributed by atoms with E-state index < -0.39 is 23.8 Å². The highest BCUT2D eigenvalue weighted by molar-refractivity contribution is 6.04. The van der Waals surface area contributed by atoms with Gasteiger partial charge in [-0.25, -0.2) is 9.18 Å². The van der Waals surface area contributed by atoms with Crippen LogP contribution in [0.2, 0.25) is 0 Å². The lowest BCUT2D eigenvalue weighted by molar-refractivity contribution is -0.123. The van der Waals surface area contributed by atoms with Crippen molar-refractivity contribution in [2.45, 2.75) is 20.0 Å². The molecular formula is C26H20FNO5. The Labute approximate surface area is 188 Å². The number of benzene rings is 3. The highest BCUT2D eigenvalue weighted by Gasteiger charge is 2.23. The van der Waals surface area contributed by atoms with Crippen LogP contribution in [0.3, 0.4) is 0 Å². The van der Waals surface area contributed by atoms with Crippen molar-refractivity contribution in [1.82, 2.24) is 0 Å². The van der Waals surface area contributed by atoms with Crippen LogP contribution in [0.25, 0.3) is 22.3 Å². The van der Waals surface area contributed by atoms with Crippen LogP contribution >= 0.6 is 0 Å². The van der Waals surface area contributed by atoms with E-state index in [-0.39, 0.29) is 22.0 Å². The van der Waals surface area contributed by atoms with E-state index in [2.05, 4.69) is 5.32 Å². The lowest BCUT2D eigenvalue weighted by Gasteiger charge is -2.15. The normalized spacial score (nSPS) is 11.7. The van der Waals surface area contributed by atoms with E-state index in [4.69, 9.17) is 9.15 Å². The Balaban J connectivity index is 1.64. The van der Waals surface area contributed by atoms with Crippen LogP contribution < -0.4 is 10.7 Å². The van der Waals surface area contributed by atoms with Crippen LogP contribution in [0.4, 0.5) is 10.1 Å². The van der Waals surface area contributed by atoms with Crippen LogP contribution in [-0.4, -0.2) is 18.0 Å². The first kappa shape index (κ1) is 22.0. The summed E-state index contributed by atoms with van der Waals surface area (Å²) in [5, 5.41) is 2.79. The largest absolute Gasteiger partial charge is 0.455 e. The maximum absolute atomic E-state index is 13.0. The molecule has 1 unspecified atom stereocenters. The third-order valence-corrected chi connectivity index (χ3v) is 5.17. The zero-order valence-corrected chi connectivity index (χ0v) is 17.9. The molecule has 1 aromatic heterocycles. The molecule has 1 heterocycles. The summed E-state index contributed by atoms with van der Waals surface area (Å²) >= 11 is 0. The Hall–Kier alpha value is -4.26. The van der Waals surface area contributed by atoms with E-state index in [1.54, 1.807) is 31.2 Å². The standard InChI is InChI=1S/C26H20FNO5/c1-15-22(29)20-9-6-10-21(24(20)33-23(15)17-7-4-3-5-8-17)26(31)32-16(2)25(30)28-19-13-11-18(27)12-14-19/h3-14,16H,1-2H3,(H,28,30). The Bertz CT molecular complexity index is 1390. The van der Waals surface area contributed by atoms with Gasteiger partial charge in [-0.3, -0.25) is 9.59 Å². The summed E-state index contributed by atoms with van der Waals surface area (Å²) < 4.78 is 24.4. The first-order valence-electron chi connectivity index (χ1n) is 10.2. The van der Waals surface area contributed by atoms with Crippen molar-refractivity contribution in [2.24, 2.45) is 0 Å². The van der Waals surface area contributed by atoms with Gasteiger partial charge in [-0.1, -0.05) is 36.4 Å². The minimum atomic E-state index is -1.15. The molecule has 0 aliphatic carbocycles. The predicted molar refractivity (Wildman–Crippen MR) is 123 cm³/mol. The van der Waals surface area contributed by atoms with E-state index in [0.29, 0.717) is 22.6 Å². The highest BCUT2D eigenvalue weighted by atomic mass is 19.1. The van der Waals surface area contributed by atoms with Crippen molar-refractivity contribution < 1.29 is 23.1 Å².